The number of amides is 1. The van der Waals surface area contributed by atoms with E-state index in [1.54, 1.807) is 0 Å². The number of benzene rings is 1. The molecule has 0 fully saturated rings. The van der Waals surface area contributed by atoms with Crippen molar-refractivity contribution < 1.29 is 4.79 Å². The Morgan fingerprint density at radius 1 is 1.47 bits per heavy atom. The van der Waals surface area contributed by atoms with Crippen LogP contribution >= 0.6 is 0 Å². The zero-order chi connectivity index (χ0) is 10.7. The topological polar surface area (TPSA) is 55.1 Å². The Morgan fingerprint density at radius 3 is 3.13 bits per heavy atom. The standard InChI is InChI=1S/C12H14N2O/c13-7-2-1-4-9-5-3-6-10-11(9)8-14-12(10)15/h1,3-6H,2,7-8,13H2,(H,14,15). The van der Waals surface area contributed by atoms with Crippen molar-refractivity contribution in [3.63, 3.8) is 0 Å². The highest BCUT2D eigenvalue weighted by molar-refractivity contribution is 5.99. The highest BCUT2D eigenvalue weighted by Gasteiger charge is 2.19. The van der Waals surface area contributed by atoms with Gasteiger partial charge in [-0.15, -0.1) is 0 Å². The molecule has 78 valence electrons. The number of hydrogen-bond acceptors (Lipinski definition) is 2. The molecule has 0 saturated heterocycles. The third kappa shape index (κ3) is 1.92. The molecule has 0 radical (unpaired) electrons. The third-order valence-electron chi connectivity index (χ3n) is 2.51. The number of carbonyl (C=O) groups excluding carboxylic acids is 1. The molecular weight excluding hydrogens is 188 g/mol. The molecule has 0 spiro atoms. The molecule has 1 aromatic carbocycles. The lowest BCUT2D eigenvalue weighted by atomic mass is 10.0. The van der Waals surface area contributed by atoms with Gasteiger partial charge in [-0.1, -0.05) is 24.3 Å². The molecule has 0 atom stereocenters. The van der Waals surface area contributed by atoms with Crippen LogP contribution in [0.15, 0.2) is 24.3 Å². The quantitative estimate of drug-likeness (QED) is 0.776. The van der Waals surface area contributed by atoms with Gasteiger partial charge < -0.3 is 11.1 Å². The van der Waals surface area contributed by atoms with Gasteiger partial charge in [0.05, 0.1) is 0 Å². The summed E-state index contributed by atoms with van der Waals surface area (Å²) < 4.78 is 0. The molecular formula is C12H14N2O. The van der Waals surface area contributed by atoms with E-state index in [1.165, 1.54) is 0 Å². The summed E-state index contributed by atoms with van der Waals surface area (Å²) in [7, 11) is 0. The van der Waals surface area contributed by atoms with Gasteiger partial charge >= 0.3 is 0 Å². The first kappa shape index (κ1) is 9.93. The molecule has 2 rings (SSSR count). The summed E-state index contributed by atoms with van der Waals surface area (Å²) >= 11 is 0. The highest BCUT2D eigenvalue weighted by atomic mass is 16.1. The number of nitrogens with one attached hydrogen (secondary N) is 1. The van der Waals surface area contributed by atoms with E-state index >= 15 is 0 Å². The van der Waals surface area contributed by atoms with Crippen LogP contribution in [0.1, 0.15) is 27.9 Å². The fourth-order valence-electron chi connectivity index (χ4n) is 1.74. The molecule has 1 amide bonds. The number of hydrogen-bond donors (Lipinski definition) is 2. The molecule has 1 heterocycles. The van der Waals surface area contributed by atoms with Crippen LogP contribution in [0, 0.1) is 0 Å². The number of carbonyl (C=O) groups is 1. The maximum atomic E-state index is 11.4. The summed E-state index contributed by atoms with van der Waals surface area (Å²) in [5.74, 6) is 0.0269. The minimum absolute atomic E-state index is 0.0269. The zero-order valence-corrected chi connectivity index (χ0v) is 8.49. The number of nitrogens with two attached hydrogens (primary N) is 1. The summed E-state index contributed by atoms with van der Waals surface area (Å²) in [6.07, 6.45) is 4.94. The molecule has 3 heteroatoms. The molecule has 1 aromatic rings. The molecule has 15 heavy (non-hydrogen) atoms. The van der Waals surface area contributed by atoms with Crippen LogP contribution in [0.4, 0.5) is 0 Å². The third-order valence-corrected chi connectivity index (χ3v) is 2.51. The molecule has 3 nitrogen and oxygen atoms in total. The van der Waals surface area contributed by atoms with Gasteiger partial charge in [-0.3, -0.25) is 4.79 Å². The van der Waals surface area contributed by atoms with Crippen LogP contribution < -0.4 is 11.1 Å². The van der Waals surface area contributed by atoms with Crippen LogP contribution in [0.5, 0.6) is 0 Å². The largest absolute Gasteiger partial charge is 0.348 e. The minimum atomic E-state index is 0.0269. The fourth-order valence-corrected chi connectivity index (χ4v) is 1.74. The van der Waals surface area contributed by atoms with Gasteiger partial charge in [0.1, 0.15) is 0 Å². The van der Waals surface area contributed by atoms with Crippen LogP contribution in [-0.2, 0) is 6.54 Å². The summed E-state index contributed by atoms with van der Waals surface area (Å²) in [4.78, 5) is 11.4. The van der Waals surface area contributed by atoms with E-state index < -0.39 is 0 Å². The Morgan fingerprint density at radius 2 is 2.33 bits per heavy atom. The second-order valence-electron chi connectivity index (χ2n) is 3.54. The van der Waals surface area contributed by atoms with E-state index in [-0.39, 0.29) is 5.91 Å². The lowest BCUT2D eigenvalue weighted by Crippen LogP contribution is -2.12. The zero-order valence-electron chi connectivity index (χ0n) is 8.49. The smallest absolute Gasteiger partial charge is 0.251 e. The van der Waals surface area contributed by atoms with Crippen LogP contribution in [0.25, 0.3) is 6.08 Å². The minimum Gasteiger partial charge on any atom is -0.348 e. The van der Waals surface area contributed by atoms with Crippen molar-refractivity contribution in [3.8, 4) is 0 Å². The van der Waals surface area contributed by atoms with Crippen molar-refractivity contribution in [3.05, 3.63) is 41.0 Å². The summed E-state index contributed by atoms with van der Waals surface area (Å²) in [6.45, 7) is 1.29. The van der Waals surface area contributed by atoms with Crippen molar-refractivity contribution in [1.29, 1.82) is 0 Å². The fraction of sp³-hybridized carbons (Fsp3) is 0.250. The molecule has 1 aliphatic rings. The first-order valence-corrected chi connectivity index (χ1v) is 5.09. The van der Waals surface area contributed by atoms with Crippen LogP contribution in [0.2, 0.25) is 0 Å². The summed E-state index contributed by atoms with van der Waals surface area (Å²) in [6, 6.07) is 5.79. The van der Waals surface area contributed by atoms with Crippen LogP contribution in [-0.4, -0.2) is 12.5 Å². The molecule has 0 unspecified atom stereocenters. The molecule has 1 aliphatic heterocycles. The van der Waals surface area contributed by atoms with Gasteiger partial charge in [0.2, 0.25) is 0 Å². The van der Waals surface area contributed by atoms with Crippen LogP contribution in [0.3, 0.4) is 0 Å². The Labute approximate surface area is 89.0 Å². The van der Waals surface area contributed by atoms with Crippen molar-refractivity contribution in [2.24, 2.45) is 5.73 Å². The van der Waals surface area contributed by atoms with Gasteiger partial charge in [0.25, 0.3) is 5.91 Å². The second kappa shape index (κ2) is 4.28. The second-order valence-corrected chi connectivity index (χ2v) is 3.54. The van der Waals surface area contributed by atoms with Crippen molar-refractivity contribution >= 4 is 12.0 Å². The van der Waals surface area contributed by atoms with Crippen molar-refractivity contribution in [1.82, 2.24) is 5.32 Å². The Kier molecular flexibility index (Phi) is 2.83. The molecule has 0 aliphatic carbocycles. The van der Waals surface area contributed by atoms with E-state index in [2.05, 4.69) is 5.32 Å². The van der Waals surface area contributed by atoms with Gasteiger partial charge in [0, 0.05) is 12.1 Å². The average Bonchev–Trinajstić information content (AvgIpc) is 2.62. The summed E-state index contributed by atoms with van der Waals surface area (Å²) in [5.41, 5.74) is 8.41. The van der Waals surface area contributed by atoms with Gasteiger partial charge in [0.15, 0.2) is 0 Å². The highest BCUT2D eigenvalue weighted by Crippen LogP contribution is 2.20. The average molecular weight is 202 g/mol. The van der Waals surface area contributed by atoms with E-state index in [4.69, 9.17) is 5.73 Å². The van der Waals surface area contributed by atoms with Crippen molar-refractivity contribution in [2.75, 3.05) is 6.54 Å². The van der Waals surface area contributed by atoms with E-state index in [9.17, 15) is 4.79 Å². The monoisotopic (exact) mass is 202 g/mol. The predicted octanol–water partition coefficient (Wildman–Crippen LogP) is 1.29. The molecule has 0 saturated carbocycles. The molecule has 0 bridgehead atoms. The Hall–Kier alpha value is -1.61. The first-order chi connectivity index (χ1) is 7.33. The normalized spacial score (nSPS) is 14.3. The maximum Gasteiger partial charge on any atom is 0.251 e. The Balaban J connectivity index is 2.30. The lowest BCUT2D eigenvalue weighted by molar-refractivity contribution is 0.0966. The van der Waals surface area contributed by atoms with E-state index in [0.717, 1.165) is 23.1 Å². The SMILES string of the molecule is NCCC=Cc1cccc2c1CNC2=O. The summed E-state index contributed by atoms with van der Waals surface area (Å²) in [5, 5.41) is 2.82. The van der Waals surface area contributed by atoms with Gasteiger partial charge in [-0.25, -0.2) is 0 Å². The lowest BCUT2D eigenvalue weighted by Gasteiger charge is -2.00. The maximum absolute atomic E-state index is 11.4. The molecule has 3 N–H and O–H groups in total. The molecule has 0 aromatic heterocycles. The van der Waals surface area contributed by atoms with Gasteiger partial charge in [-0.05, 0) is 30.2 Å². The van der Waals surface area contributed by atoms with Gasteiger partial charge in [-0.2, -0.15) is 0 Å². The first-order valence-electron chi connectivity index (χ1n) is 5.09. The predicted molar refractivity (Wildman–Crippen MR) is 60.3 cm³/mol. The van der Waals surface area contributed by atoms with E-state index in [0.29, 0.717) is 13.1 Å². The Bertz CT molecular complexity index is 410. The number of fused-ring (bicyclic) bond motifs is 1. The number of rotatable bonds is 3. The van der Waals surface area contributed by atoms with E-state index in [1.807, 2.05) is 30.4 Å². The van der Waals surface area contributed by atoms with Crippen molar-refractivity contribution in [2.45, 2.75) is 13.0 Å².